The molecule has 0 radical (unpaired) electrons. The molecule has 1 aliphatic heterocycles. The summed E-state index contributed by atoms with van der Waals surface area (Å²) >= 11 is 1.99. The van der Waals surface area contributed by atoms with Crippen molar-refractivity contribution in [1.29, 1.82) is 0 Å². The van der Waals surface area contributed by atoms with E-state index in [9.17, 15) is 0 Å². The quantitative estimate of drug-likeness (QED) is 0.459. The van der Waals surface area contributed by atoms with Crippen molar-refractivity contribution >= 4 is 11.8 Å². The van der Waals surface area contributed by atoms with Crippen molar-refractivity contribution < 1.29 is 0 Å². The third-order valence-electron chi connectivity index (χ3n) is 1.34. The Balaban J connectivity index is 1.87. The van der Waals surface area contributed by atoms with Gasteiger partial charge < -0.3 is 5.32 Å². The minimum Gasteiger partial charge on any atom is -0.311 e. The molecule has 0 aromatic heterocycles. The van der Waals surface area contributed by atoms with Crippen LogP contribution >= 0.6 is 11.8 Å². The molecule has 0 aromatic carbocycles. The number of thioether (sulfide) groups is 1. The molecule has 0 spiro atoms. The summed E-state index contributed by atoms with van der Waals surface area (Å²) < 4.78 is 0. The largest absolute Gasteiger partial charge is 0.311 e. The monoisotopic (exact) mass is 141 g/mol. The molecule has 0 saturated carbocycles. The van der Waals surface area contributed by atoms with Gasteiger partial charge in [-0.2, -0.15) is 11.8 Å². The van der Waals surface area contributed by atoms with Crippen LogP contribution in [0.5, 0.6) is 0 Å². The van der Waals surface area contributed by atoms with Gasteiger partial charge in [-0.3, -0.25) is 0 Å². The van der Waals surface area contributed by atoms with Crippen LogP contribution in [0.25, 0.3) is 0 Å². The van der Waals surface area contributed by atoms with E-state index in [1.807, 2.05) is 11.8 Å². The fourth-order valence-electron chi connectivity index (χ4n) is 0.702. The first-order valence-corrected chi connectivity index (χ1v) is 4.33. The van der Waals surface area contributed by atoms with Gasteiger partial charge in [-0.15, -0.1) is 12.3 Å². The molecule has 50 valence electrons. The van der Waals surface area contributed by atoms with E-state index < -0.39 is 0 Å². The normalized spacial score (nSPS) is 18.6. The van der Waals surface area contributed by atoms with Gasteiger partial charge in [0.25, 0.3) is 0 Å². The zero-order valence-electron chi connectivity index (χ0n) is 5.39. The SMILES string of the molecule is C#CCCNC1CSC1. The summed E-state index contributed by atoms with van der Waals surface area (Å²) in [5, 5.41) is 3.36. The van der Waals surface area contributed by atoms with Crippen LogP contribution in [0.4, 0.5) is 0 Å². The second-order valence-electron chi connectivity index (χ2n) is 2.14. The number of hydrogen-bond donors (Lipinski definition) is 1. The van der Waals surface area contributed by atoms with Crippen molar-refractivity contribution in [2.45, 2.75) is 12.5 Å². The van der Waals surface area contributed by atoms with E-state index in [4.69, 9.17) is 6.42 Å². The third kappa shape index (κ3) is 2.30. The highest BCUT2D eigenvalue weighted by Gasteiger charge is 2.15. The second kappa shape index (κ2) is 3.81. The summed E-state index contributed by atoms with van der Waals surface area (Å²) in [5.74, 6) is 5.14. The Kier molecular flexibility index (Phi) is 2.96. The molecule has 0 unspecified atom stereocenters. The number of terminal acetylenes is 1. The maximum Gasteiger partial charge on any atom is 0.0249 e. The Morgan fingerprint density at radius 3 is 2.89 bits per heavy atom. The lowest BCUT2D eigenvalue weighted by molar-refractivity contribution is 0.592. The highest BCUT2D eigenvalue weighted by atomic mass is 32.2. The van der Waals surface area contributed by atoms with Gasteiger partial charge in [-0.05, 0) is 0 Å². The van der Waals surface area contributed by atoms with Gasteiger partial charge in [-0.1, -0.05) is 0 Å². The molecule has 1 saturated heterocycles. The topological polar surface area (TPSA) is 12.0 Å². The summed E-state index contributed by atoms with van der Waals surface area (Å²) in [7, 11) is 0. The van der Waals surface area contributed by atoms with Gasteiger partial charge in [0.15, 0.2) is 0 Å². The van der Waals surface area contributed by atoms with E-state index >= 15 is 0 Å². The standard InChI is InChI=1S/C7H11NS/c1-2-3-4-8-7-5-9-6-7/h1,7-8H,3-6H2. The van der Waals surface area contributed by atoms with E-state index in [1.165, 1.54) is 11.5 Å². The summed E-state index contributed by atoms with van der Waals surface area (Å²) in [6.45, 7) is 0.988. The number of rotatable bonds is 3. The molecule has 2 heteroatoms. The van der Waals surface area contributed by atoms with Crippen molar-refractivity contribution in [3.63, 3.8) is 0 Å². The van der Waals surface area contributed by atoms with Crippen molar-refractivity contribution in [2.24, 2.45) is 0 Å². The predicted molar refractivity (Wildman–Crippen MR) is 42.6 cm³/mol. The van der Waals surface area contributed by atoms with Gasteiger partial charge >= 0.3 is 0 Å². The van der Waals surface area contributed by atoms with Gasteiger partial charge in [0.1, 0.15) is 0 Å². The van der Waals surface area contributed by atoms with E-state index in [1.54, 1.807) is 0 Å². The van der Waals surface area contributed by atoms with Gasteiger partial charge in [-0.25, -0.2) is 0 Å². The van der Waals surface area contributed by atoms with Crippen molar-refractivity contribution in [3.8, 4) is 12.3 Å². The molecule has 9 heavy (non-hydrogen) atoms. The van der Waals surface area contributed by atoms with Crippen LogP contribution in [0.2, 0.25) is 0 Å². The lowest BCUT2D eigenvalue weighted by Crippen LogP contribution is -2.40. The lowest BCUT2D eigenvalue weighted by atomic mass is 10.3. The maximum absolute atomic E-state index is 5.08. The fourth-order valence-corrected chi connectivity index (χ4v) is 1.41. The Bertz CT molecular complexity index is 113. The van der Waals surface area contributed by atoms with Crippen LogP contribution in [0.15, 0.2) is 0 Å². The van der Waals surface area contributed by atoms with E-state index in [-0.39, 0.29) is 0 Å². The Morgan fingerprint density at radius 1 is 1.67 bits per heavy atom. The van der Waals surface area contributed by atoms with E-state index in [0.29, 0.717) is 0 Å². The molecule has 1 aliphatic rings. The molecule has 0 aromatic rings. The summed E-state index contributed by atoms with van der Waals surface area (Å²) in [5.41, 5.74) is 0. The smallest absolute Gasteiger partial charge is 0.0249 e. The predicted octanol–water partition coefficient (Wildman–Crippen LogP) is 0.715. The third-order valence-corrected chi connectivity index (χ3v) is 2.62. The zero-order chi connectivity index (χ0) is 6.53. The lowest BCUT2D eigenvalue weighted by Gasteiger charge is -2.25. The highest BCUT2D eigenvalue weighted by Crippen LogP contribution is 2.16. The minimum absolute atomic E-state index is 0.753. The van der Waals surface area contributed by atoms with Crippen LogP contribution < -0.4 is 5.32 Å². The summed E-state index contributed by atoms with van der Waals surface area (Å²) in [6, 6.07) is 0.753. The molecular weight excluding hydrogens is 130 g/mol. The Morgan fingerprint density at radius 2 is 2.44 bits per heavy atom. The highest BCUT2D eigenvalue weighted by molar-refractivity contribution is 8.00. The molecule has 0 amide bonds. The van der Waals surface area contributed by atoms with Crippen LogP contribution in [0.3, 0.4) is 0 Å². The molecule has 1 fully saturated rings. The zero-order valence-corrected chi connectivity index (χ0v) is 6.21. The Hall–Kier alpha value is -0.130. The molecule has 0 atom stereocenters. The van der Waals surface area contributed by atoms with Gasteiger partial charge in [0.05, 0.1) is 0 Å². The van der Waals surface area contributed by atoms with Crippen LogP contribution in [-0.4, -0.2) is 24.1 Å². The molecule has 1 nitrogen and oxygen atoms in total. The molecular formula is C7H11NS. The molecule has 0 bridgehead atoms. The Labute approximate surface area is 60.6 Å². The van der Waals surface area contributed by atoms with Crippen molar-refractivity contribution in [3.05, 3.63) is 0 Å². The van der Waals surface area contributed by atoms with Crippen LogP contribution in [0, 0.1) is 12.3 Å². The van der Waals surface area contributed by atoms with Gasteiger partial charge in [0.2, 0.25) is 0 Å². The molecule has 1 rings (SSSR count). The summed E-state index contributed by atoms with van der Waals surface area (Å²) in [6.07, 6.45) is 5.94. The molecule has 1 heterocycles. The first kappa shape index (κ1) is 6.98. The molecule has 0 aliphatic carbocycles. The van der Waals surface area contributed by atoms with Crippen LogP contribution in [-0.2, 0) is 0 Å². The van der Waals surface area contributed by atoms with Crippen molar-refractivity contribution in [1.82, 2.24) is 5.32 Å². The van der Waals surface area contributed by atoms with Crippen molar-refractivity contribution in [2.75, 3.05) is 18.1 Å². The summed E-state index contributed by atoms with van der Waals surface area (Å²) in [4.78, 5) is 0. The first-order chi connectivity index (χ1) is 4.43. The number of nitrogens with one attached hydrogen (secondary N) is 1. The van der Waals surface area contributed by atoms with E-state index in [0.717, 1.165) is 19.0 Å². The number of hydrogen-bond acceptors (Lipinski definition) is 2. The van der Waals surface area contributed by atoms with Crippen LogP contribution in [0.1, 0.15) is 6.42 Å². The second-order valence-corrected chi connectivity index (χ2v) is 3.22. The fraction of sp³-hybridized carbons (Fsp3) is 0.714. The average Bonchev–Trinajstić information content (AvgIpc) is 1.76. The van der Waals surface area contributed by atoms with E-state index in [2.05, 4.69) is 11.2 Å². The minimum atomic E-state index is 0.753. The van der Waals surface area contributed by atoms with Gasteiger partial charge in [0, 0.05) is 30.5 Å². The first-order valence-electron chi connectivity index (χ1n) is 3.18. The average molecular weight is 141 g/mol. The maximum atomic E-state index is 5.08. The molecule has 1 N–H and O–H groups in total.